The second kappa shape index (κ2) is 7.08. The van der Waals surface area contributed by atoms with Crippen LogP contribution in [0.25, 0.3) is 0 Å². The molecule has 5 nitrogen and oxygen atoms in total. The predicted molar refractivity (Wildman–Crippen MR) is 98.2 cm³/mol. The number of rotatable bonds is 1. The second-order valence-electron chi connectivity index (χ2n) is 7.11. The fourth-order valence-electron chi connectivity index (χ4n) is 2.99. The summed E-state index contributed by atoms with van der Waals surface area (Å²) in [5, 5.41) is 0. The van der Waals surface area contributed by atoms with E-state index in [1.807, 2.05) is 43.5 Å². The summed E-state index contributed by atoms with van der Waals surface area (Å²) in [4.78, 5) is 22.3. The van der Waals surface area contributed by atoms with Gasteiger partial charge in [-0.05, 0) is 26.8 Å². The maximum atomic E-state index is 12.2. The molecule has 2 fully saturated rings. The molecule has 0 radical (unpaired) electrons. The van der Waals surface area contributed by atoms with Gasteiger partial charge < -0.3 is 14.5 Å². The van der Waals surface area contributed by atoms with Crippen molar-refractivity contribution >= 4 is 23.6 Å². The fraction of sp³-hybridized carbons (Fsp3) is 0.611. The highest BCUT2D eigenvalue weighted by Gasteiger charge is 2.29. The highest BCUT2D eigenvalue weighted by molar-refractivity contribution is 8.04. The summed E-state index contributed by atoms with van der Waals surface area (Å²) in [5.74, 6) is 1.10. The molecular formula is C18H25N3O2S. The van der Waals surface area contributed by atoms with Crippen LogP contribution in [0.1, 0.15) is 33.6 Å². The Kier molecular flexibility index (Phi) is 5.07. The van der Waals surface area contributed by atoms with E-state index in [1.54, 1.807) is 6.20 Å². The van der Waals surface area contributed by atoms with Crippen LogP contribution in [0.4, 0.5) is 4.79 Å². The van der Waals surface area contributed by atoms with E-state index in [2.05, 4.69) is 15.6 Å². The average molecular weight is 347 g/mol. The van der Waals surface area contributed by atoms with Gasteiger partial charge in [0.05, 0.1) is 11.9 Å². The second-order valence-corrected chi connectivity index (χ2v) is 8.21. The summed E-state index contributed by atoms with van der Waals surface area (Å²) < 4.78 is 5.48. The van der Waals surface area contributed by atoms with Gasteiger partial charge in [0.15, 0.2) is 0 Å². The van der Waals surface area contributed by atoms with Crippen LogP contribution in [0.3, 0.4) is 0 Å². The number of carbonyl (C=O) groups is 1. The van der Waals surface area contributed by atoms with Crippen LogP contribution in [-0.4, -0.2) is 59.1 Å². The van der Waals surface area contributed by atoms with Crippen molar-refractivity contribution in [2.75, 3.05) is 31.9 Å². The van der Waals surface area contributed by atoms with Gasteiger partial charge in [0.2, 0.25) is 0 Å². The Bertz CT molecular complexity index is 631. The lowest BCUT2D eigenvalue weighted by atomic mass is 10.1. The standard InChI is InChI=1S/C18H25N3O2S/c1-18(2,3)23-17(22)21-11-9-20(10-12-21)15-6-4-5-8-19-14-7-13-24-16(14)15/h4,8H,6-7,9-13H2,1-3H3/b16-15-,19-14?. The minimum atomic E-state index is -0.443. The van der Waals surface area contributed by atoms with Crippen molar-refractivity contribution in [2.45, 2.75) is 39.2 Å². The quantitative estimate of drug-likeness (QED) is 0.682. The molecular weight excluding hydrogens is 322 g/mol. The van der Waals surface area contributed by atoms with Crippen LogP contribution in [0, 0.1) is 0 Å². The smallest absolute Gasteiger partial charge is 0.410 e. The molecule has 0 unspecified atom stereocenters. The van der Waals surface area contributed by atoms with Crippen LogP contribution < -0.4 is 0 Å². The largest absolute Gasteiger partial charge is 0.444 e. The van der Waals surface area contributed by atoms with Crippen molar-refractivity contribution < 1.29 is 9.53 Å². The zero-order valence-electron chi connectivity index (χ0n) is 14.7. The van der Waals surface area contributed by atoms with E-state index in [9.17, 15) is 4.79 Å². The lowest BCUT2D eigenvalue weighted by Crippen LogP contribution is -2.49. The number of thioether (sulfide) groups is 1. The Morgan fingerprint density at radius 1 is 1.29 bits per heavy atom. The maximum absolute atomic E-state index is 12.2. The monoisotopic (exact) mass is 347 g/mol. The first-order valence-electron chi connectivity index (χ1n) is 8.49. The molecule has 24 heavy (non-hydrogen) atoms. The molecule has 0 N–H and O–H groups in total. The Labute approximate surface area is 148 Å². The van der Waals surface area contributed by atoms with Crippen molar-refractivity contribution in [3.05, 3.63) is 28.6 Å². The summed E-state index contributed by atoms with van der Waals surface area (Å²) >= 11 is 1.90. The number of piperazine rings is 1. The molecule has 0 aromatic carbocycles. The molecule has 1 amide bonds. The number of carbonyl (C=O) groups excluding carboxylic acids is 1. The molecule has 0 bridgehead atoms. The van der Waals surface area contributed by atoms with Crippen LogP contribution in [0.2, 0.25) is 0 Å². The third-order valence-electron chi connectivity index (χ3n) is 4.13. The maximum Gasteiger partial charge on any atom is 0.410 e. The SMILES string of the molecule is CC(C)(C)OC(=O)N1CCN(/C2=C3\SCCC3=NC=C=CC2)CC1. The molecule has 0 spiro atoms. The lowest BCUT2D eigenvalue weighted by molar-refractivity contribution is 0.0167. The van der Waals surface area contributed by atoms with Gasteiger partial charge in [-0.2, -0.15) is 0 Å². The molecule has 3 aliphatic rings. The number of fused-ring (bicyclic) bond motifs is 1. The Morgan fingerprint density at radius 2 is 2.04 bits per heavy atom. The van der Waals surface area contributed by atoms with Crippen molar-refractivity contribution in [2.24, 2.45) is 4.99 Å². The van der Waals surface area contributed by atoms with Crippen LogP contribution in [0.15, 0.2) is 33.6 Å². The molecule has 3 rings (SSSR count). The van der Waals surface area contributed by atoms with Gasteiger partial charge in [-0.15, -0.1) is 17.5 Å². The van der Waals surface area contributed by atoms with E-state index in [1.165, 1.54) is 16.3 Å². The van der Waals surface area contributed by atoms with E-state index in [-0.39, 0.29) is 6.09 Å². The van der Waals surface area contributed by atoms with Gasteiger partial charge in [0.25, 0.3) is 0 Å². The normalized spacial score (nSPS) is 24.4. The van der Waals surface area contributed by atoms with Crippen molar-refractivity contribution in [3.63, 3.8) is 0 Å². The van der Waals surface area contributed by atoms with Gasteiger partial charge in [0, 0.05) is 55.4 Å². The van der Waals surface area contributed by atoms with Gasteiger partial charge >= 0.3 is 6.09 Å². The molecule has 0 aliphatic carbocycles. The minimum Gasteiger partial charge on any atom is -0.444 e. The summed E-state index contributed by atoms with van der Waals surface area (Å²) in [6.07, 6.45) is 5.52. The van der Waals surface area contributed by atoms with E-state index in [4.69, 9.17) is 4.74 Å². The molecule has 3 heterocycles. The van der Waals surface area contributed by atoms with E-state index >= 15 is 0 Å². The van der Waals surface area contributed by atoms with Crippen LogP contribution >= 0.6 is 11.8 Å². The zero-order valence-corrected chi connectivity index (χ0v) is 15.5. The first kappa shape index (κ1) is 17.2. The van der Waals surface area contributed by atoms with Gasteiger partial charge in [-0.3, -0.25) is 4.99 Å². The lowest BCUT2D eigenvalue weighted by Gasteiger charge is -2.38. The number of aliphatic imine (C=N–C) groups is 1. The first-order valence-corrected chi connectivity index (χ1v) is 9.48. The summed E-state index contributed by atoms with van der Waals surface area (Å²) in [7, 11) is 0. The van der Waals surface area contributed by atoms with Crippen molar-refractivity contribution in [3.8, 4) is 0 Å². The summed E-state index contributed by atoms with van der Waals surface area (Å²) in [6, 6.07) is 0. The Balaban J connectivity index is 1.67. The molecule has 0 aromatic rings. The average Bonchev–Trinajstić information content (AvgIpc) is 2.93. The topological polar surface area (TPSA) is 45.1 Å². The Hall–Kier alpha value is -1.65. The number of hydrogen-bond donors (Lipinski definition) is 0. The van der Waals surface area contributed by atoms with Gasteiger partial charge in [-0.1, -0.05) is 0 Å². The number of nitrogens with zero attached hydrogens (tertiary/aromatic N) is 3. The molecule has 130 valence electrons. The predicted octanol–water partition coefficient (Wildman–Crippen LogP) is 3.40. The van der Waals surface area contributed by atoms with Gasteiger partial charge in [-0.25, -0.2) is 4.79 Å². The Morgan fingerprint density at radius 3 is 2.75 bits per heavy atom. The number of ether oxygens (including phenoxy) is 1. The molecule has 3 aliphatic heterocycles. The highest BCUT2D eigenvalue weighted by atomic mass is 32.2. The van der Waals surface area contributed by atoms with E-state index in [0.717, 1.165) is 31.7 Å². The first-order chi connectivity index (χ1) is 11.4. The molecule has 0 saturated carbocycles. The molecule has 0 aromatic heterocycles. The zero-order chi connectivity index (χ0) is 17.2. The summed E-state index contributed by atoms with van der Waals surface area (Å²) in [5.41, 5.74) is 5.21. The third kappa shape index (κ3) is 4.05. The van der Waals surface area contributed by atoms with Crippen molar-refractivity contribution in [1.29, 1.82) is 0 Å². The summed E-state index contributed by atoms with van der Waals surface area (Å²) in [6.45, 7) is 8.78. The third-order valence-corrected chi connectivity index (χ3v) is 5.30. The number of amides is 1. The minimum absolute atomic E-state index is 0.210. The van der Waals surface area contributed by atoms with Gasteiger partial charge in [0.1, 0.15) is 5.60 Å². The molecule has 2 saturated heterocycles. The number of hydrogen-bond acceptors (Lipinski definition) is 5. The van der Waals surface area contributed by atoms with Crippen LogP contribution in [0.5, 0.6) is 0 Å². The fourth-order valence-corrected chi connectivity index (χ4v) is 4.19. The molecule has 0 atom stereocenters. The molecule has 6 heteroatoms. The highest BCUT2D eigenvalue weighted by Crippen LogP contribution is 2.35. The van der Waals surface area contributed by atoms with Crippen LogP contribution in [-0.2, 0) is 4.74 Å². The van der Waals surface area contributed by atoms with E-state index in [0.29, 0.717) is 13.1 Å². The number of allylic oxidation sites excluding steroid dienone is 2. The van der Waals surface area contributed by atoms with Crippen molar-refractivity contribution in [1.82, 2.24) is 9.80 Å². The van der Waals surface area contributed by atoms with E-state index < -0.39 is 5.60 Å².